The van der Waals surface area contributed by atoms with Gasteiger partial charge in [-0.2, -0.15) is 0 Å². The van der Waals surface area contributed by atoms with Crippen molar-refractivity contribution in [3.63, 3.8) is 0 Å². The molecule has 0 saturated heterocycles. The Morgan fingerprint density at radius 3 is 2.28 bits per heavy atom. The first-order chi connectivity index (χ1) is 8.48. The Kier molecular flexibility index (Phi) is 6.84. The largest absolute Gasteiger partial charge is 0.242 e. The van der Waals surface area contributed by atoms with Crippen molar-refractivity contribution >= 4 is 41.9 Å². The summed E-state index contributed by atoms with van der Waals surface area (Å²) >= 11 is 6.66. The molecule has 0 aliphatic rings. The van der Waals surface area contributed by atoms with Crippen LogP contribution in [-0.4, -0.2) is 31.6 Å². The zero-order valence-corrected chi connectivity index (χ0v) is 14.3. The highest BCUT2D eigenvalue weighted by Gasteiger charge is 2.19. The summed E-state index contributed by atoms with van der Waals surface area (Å²) in [5.74, 6) is 0. The van der Waals surface area contributed by atoms with Gasteiger partial charge in [0.1, 0.15) is 0 Å². The van der Waals surface area contributed by atoms with E-state index in [1.54, 1.807) is 31.3 Å². The van der Waals surface area contributed by atoms with Gasteiger partial charge in [0.15, 0.2) is 0 Å². The predicted octanol–water partition coefficient (Wildman–Crippen LogP) is 3.63. The van der Waals surface area contributed by atoms with Gasteiger partial charge in [0, 0.05) is 23.4 Å². The molecule has 0 N–H and O–H groups in total. The molecule has 1 aromatic carbocycles. The average Bonchev–Trinajstić information content (AvgIpc) is 2.35. The minimum Gasteiger partial charge on any atom is -0.207 e. The van der Waals surface area contributed by atoms with Gasteiger partial charge in [0.05, 0.1) is 4.90 Å². The monoisotopic (exact) mass is 397 g/mol. The molecule has 0 heterocycles. The number of rotatable bonds is 7. The van der Waals surface area contributed by atoms with Crippen molar-refractivity contribution in [2.24, 2.45) is 0 Å². The van der Waals surface area contributed by atoms with Crippen molar-refractivity contribution in [2.75, 3.05) is 18.9 Å². The molecule has 0 aromatic heterocycles. The lowest BCUT2D eigenvalue weighted by Crippen LogP contribution is -2.27. The Morgan fingerprint density at radius 1 is 1.11 bits per heavy atom. The van der Waals surface area contributed by atoms with Crippen LogP contribution in [-0.2, 0) is 10.0 Å². The van der Waals surface area contributed by atoms with Gasteiger partial charge in [-0.3, -0.25) is 0 Å². The molecule has 0 unspecified atom stereocenters. The van der Waals surface area contributed by atoms with Crippen molar-refractivity contribution in [3.05, 3.63) is 28.7 Å². The van der Waals surface area contributed by atoms with Crippen LogP contribution in [0.1, 0.15) is 19.3 Å². The summed E-state index contributed by atoms with van der Waals surface area (Å²) in [5, 5.41) is 0.968. The van der Waals surface area contributed by atoms with Gasteiger partial charge in [0.2, 0.25) is 10.0 Å². The van der Waals surface area contributed by atoms with Crippen LogP contribution in [0.5, 0.6) is 0 Å². The quantitative estimate of drug-likeness (QED) is 0.519. The zero-order valence-electron chi connectivity index (χ0n) is 10.3. The van der Waals surface area contributed by atoms with E-state index < -0.39 is 10.0 Å². The fraction of sp³-hybridized carbons (Fsp3) is 0.500. The molecule has 6 heteroatoms. The smallest absolute Gasteiger partial charge is 0.207 e. The highest BCUT2D eigenvalue weighted by atomic mass is 79.9. The first kappa shape index (κ1) is 16.1. The summed E-state index contributed by atoms with van der Waals surface area (Å²) in [6.45, 7) is 0.561. The molecule has 18 heavy (non-hydrogen) atoms. The molecule has 0 bridgehead atoms. The molecule has 3 nitrogen and oxygen atoms in total. The van der Waals surface area contributed by atoms with Gasteiger partial charge in [0.25, 0.3) is 0 Å². The first-order valence-electron chi connectivity index (χ1n) is 5.76. The topological polar surface area (TPSA) is 37.4 Å². The second-order valence-electron chi connectivity index (χ2n) is 4.03. The lowest BCUT2D eigenvalue weighted by molar-refractivity contribution is 0.454. The van der Waals surface area contributed by atoms with Crippen LogP contribution in [0.2, 0.25) is 0 Å². The molecule has 0 amide bonds. The van der Waals surface area contributed by atoms with Gasteiger partial charge in [-0.1, -0.05) is 38.3 Å². The maximum Gasteiger partial charge on any atom is 0.242 e. The van der Waals surface area contributed by atoms with E-state index in [9.17, 15) is 8.42 Å². The third kappa shape index (κ3) is 4.64. The number of nitrogens with zero attached hydrogens (tertiary/aromatic N) is 1. The summed E-state index contributed by atoms with van der Waals surface area (Å²) in [7, 11) is -1.71. The molecular formula is C12H17Br2NO2S. The van der Waals surface area contributed by atoms with Gasteiger partial charge >= 0.3 is 0 Å². The standard InChI is InChI=1S/C12H17Br2NO2S/c1-15(10-4-2-3-9-13)18(16,17)12-7-5-11(14)6-8-12/h5-8H,2-4,9-10H2,1H3. The fourth-order valence-corrected chi connectivity index (χ4v) is 3.38. The minimum absolute atomic E-state index is 0.341. The first-order valence-corrected chi connectivity index (χ1v) is 9.12. The van der Waals surface area contributed by atoms with Gasteiger partial charge in [-0.25, -0.2) is 12.7 Å². The lowest BCUT2D eigenvalue weighted by Gasteiger charge is -2.17. The minimum atomic E-state index is -3.34. The highest BCUT2D eigenvalue weighted by Crippen LogP contribution is 2.18. The van der Waals surface area contributed by atoms with E-state index in [0.717, 1.165) is 29.1 Å². The van der Waals surface area contributed by atoms with Crippen molar-refractivity contribution in [1.82, 2.24) is 4.31 Å². The van der Waals surface area contributed by atoms with E-state index in [1.807, 2.05) is 0 Å². The van der Waals surface area contributed by atoms with Crippen LogP contribution in [0.15, 0.2) is 33.6 Å². The van der Waals surface area contributed by atoms with Crippen LogP contribution in [0.25, 0.3) is 0 Å². The Balaban J connectivity index is 2.65. The number of hydrogen-bond acceptors (Lipinski definition) is 2. The third-order valence-electron chi connectivity index (χ3n) is 2.63. The Morgan fingerprint density at radius 2 is 1.72 bits per heavy atom. The number of unbranched alkanes of at least 4 members (excludes halogenated alkanes) is 2. The van der Waals surface area contributed by atoms with Crippen LogP contribution in [0.4, 0.5) is 0 Å². The van der Waals surface area contributed by atoms with Gasteiger partial charge in [-0.15, -0.1) is 0 Å². The molecule has 1 rings (SSSR count). The predicted molar refractivity (Wildman–Crippen MR) is 81.6 cm³/mol. The van der Waals surface area contributed by atoms with Crippen LogP contribution < -0.4 is 0 Å². The Hall–Kier alpha value is 0.0900. The molecule has 0 atom stereocenters. The summed E-state index contributed by atoms with van der Waals surface area (Å²) < 4.78 is 26.7. The summed E-state index contributed by atoms with van der Waals surface area (Å²) in [5.41, 5.74) is 0. The van der Waals surface area contributed by atoms with E-state index in [-0.39, 0.29) is 0 Å². The Labute approximate surface area is 126 Å². The molecule has 0 aliphatic carbocycles. The number of benzene rings is 1. The van der Waals surface area contributed by atoms with Crippen molar-refractivity contribution in [1.29, 1.82) is 0 Å². The van der Waals surface area contributed by atoms with Gasteiger partial charge < -0.3 is 0 Å². The fourth-order valence-electron chi connectivity index (χ4n) is 1.51. The number of halogens is 2. The van der Waals surface area contributed by atoms with Crippen molar-refractivity contribution in [3.8, 4) is 0 Å². The molecule has 0 radical (unpaired) electrons. The van der Waals surface area contributed by atoms with E-state index in [4.69, 9.17) is 0 Å². The van der Waals surface area contributed by atoms with E-state index in [2.05, 4.69) is 31.9 Å². The summed E-state index contributed by atoms with van der Waals surface area (Å²) in [6.07, 6.45) is 3.00. The molecule has 0 spiro atoms. The molecule has 1 aromatic rings. The maximum absolute atomic E-state index is 12.2. The number of hydrogen-bond donors (Lipinski definition) is 0. The second-order valence-corrected chi connectivity index (χ2v) is 7.78. The van der Waals surface area contributed by atoms with Gasteiger partial charge in [-0.05, 0) is 37.1 Å². The average molecular weight is 399 g/mol. The lowest BCUT2D eigenvalue weighted by atomic mass is 10.2. The maximum atomic E-state index is 12.2. The summed E-state index contributed by atoms with van der Waals surface area (Å²) in [4.78, 5) is 0.341. The summed E-state index contributed by atoms with van der Waals surface area (Å²) in [6, 6.07) is 6.72. The second kappa shape index (κ2) is 7.62. The Bertz CT molecular complexity index is 459. The zero-order chi connectivity index (χ0) is 13.6. The number of sulfonamides is 1. The van der Waals surface area contributed by atoms with Crippen LogP contribution in [0, 0.1) is 0 Å². The van der Waals surface area contributed by atoms with Crippen molar-refractivity contribution in [2.45, 2.75) is 24.2 Å². The highest BCUT2D eigenvalue weighted by molar-refractivity contribution is 9.10. The van der Waals surface area contributed by atoms with E-state index >= 15 is 0 Å². The van der Waals surface area contributed by atoms with Crippen LogP contribution in [0.3, 0.4) is 0 Å². The number of alkyl halides is 1. The van der Waals surface area contributed by atoms with Crippen molar-refractivity contribution < 1.29 is 8.42 Å². The van der Waals surface area contributed by atoms with E-state index in [0.29, 0.717) is 11.4 Å². The normalized spacial score (nSPS) is 12.0. The van der Waals surface area contributed by atoms with Crippen LogP contribution >= 0.6 is 31.9 Å². The molecule has 0 fully saturated rings. The molecule has 0 saturated carbocycles. The molecule has 102 valence electrons. The molecule has 0 aliphatic heterocycles. The van der Waals surface area contributed by atoms with E-state index in [1.165, 1.54) is 4.31 Å². The third-order valence-corrected chi connectivity index (χ3v) is 5.59. The molecular weight excluding hydrogens is 382 g/mol. The SMILES string of the molecule is CN(CCCCCBr)S(=O)(=O)c1ccc(Br)cc1.